The molecule has 0 aromatic heterocycles. The number of thioether (sulfide) groups is 1. The maximum absolute atomic E-state index is 12.9. The van der Waals surface area contributed by atoms with Crippen molar-refractivity contribution in [3.8, 4) is 0 Å². The van der Waals surface area contributed by atoms with E-state index in [1.807, 2.05) is 13.8 Å². The molecule has 88 valence electrons. The van der Waals surface area contributed by atoms with E-state index in [2.05, 4.69) is 5.32 Å². The van der Waals surface area contributed by atoms with Gasteiger partial charge >= 0.3 is 0 Å². The topological polar surface area (TPSA) is 55.1 Å². The molecule has 0 spiro atoms. The van der Waals surface area contributed by atoms with Gasteiger partial charge in [0.2, 0.25) is 5.91 Å². The predicted molar refractivity (Wildman–Crippen MR) is 67.0 cm³/mol. The third-order valence-corrected chi connectivity index (χ3v) is 3.10. The van der Waals surface area contributed by atoms with Crippen LogP contribution in [0.25, 0.3) is 0 Å². The van der Waals surface area contributed by atoms with E-state index in [9.17, 15) is 9.18 Å². The van der Waals surface area contributed by atoms with Crippen LogP contribution in [0.4, 0.5) is 15.8 Å². The zero-order valence-electron chi connectivity index (χ0n) is 9.29. The van der Waals surface area contributed by atoms with Gasteiger partial charge in [0.25, 0.3) is 0 Å². The predicted octanol–water partition coefficient (Wildman–Crippen LogP) is 2.49. The number of nitrogens with two attached hydrogens (primary N) is 1. The molecule has 1 aromatic carbocycles. The van der Waals surface area contributed by atoms with Crippen LogP contribution in [0.2, 0.25) is 0 Å². The number of nitrogens with one attached hydrogen (secondary N) is 1. The summed E-state index contributed by atoms with van der Waals surface area (Å²) >= 11 is 1.55. The molecule has 0 aliphatic rings. The van der Waals surface area contributed by atoms with Gasteiger partial charge in [0.05, 0.1) is 10.9 Å². The van der Waals surface area contributed by atoms with Gasteiger partial charge in [-0.3, -0.25) is 4.79 Å². The van der Waals surface area contributed by atoms with Crippen LogP contribution in [-0.2, 0) is 4.79 Å². The fraction of sp³-hybridized carbons (Fsp3) is 0.364. The van der Waals surface area contributed by atoms with Crippen molar-refractivity contribution in [3.05, 3.63) is 24.0 Å². The molecule has 0 bridgehead atoms. The molecule has 1 unspecified atom stereocenters. The molecule has 1 atom stereocenters. The van der Waals surface area contributed by atoms with Crippen LogP contribution in [-0.4, -0.2) is 16.9 Å². The minimum atomic E-state index is -0.478. The third kappa shape index (κ3) is 3.41. The second-order valence-corrected chi connectivity index (χ2v) is 4.94. The average Bonchev–Trinajstić information content (AvgIpc) is 2.24. The maximum Gasteiger partial charge on any atom is 0.237 e. The monoisotopic (exact) mass is 242 g/mol. The van der Waals surface area contributed by atoms with Gasteiger partial charge in [0, 0.05) is 5.69 Å². The van der Waals surface area contributed by atoms with E-state index in [1.54, 1.807) is 11.8 Å². The second-order valence-electron chi connectivity index (χ2n) is 3.32. The lowest BCUT2D eigenvalue weighted by Gasteiger charge is -2.11. The van der Waals surface area contributed by atoms with E-state index < -0.39 is 5.82 Å². The molecule has 3 N–H and O–H groups in total. The summed E-state index contributed by atoms with van der Waals surface area (Å²) in [6.45, 7) is 3.82. The maximum atomic E-state index is 12.9. The quantitative estimate of drug-likeness (QED) is 0.797. The van der Waals surface area contributed by atoms with Crippen LogP contribution in [0.3, 0.4) is 0 Å². The Labute approximate surface area is 98.6 Å². The Morgan fingerprint density at radius 2 is 2.31 bits per heavy atom. The van der Waals surface area contributed by atoms with Gasteiger partial charge in [0.1, 0.15) is 5.82 Å². The SMILES string of the molecule is CCSC(C)C(=O)Nc1ccc(F)c(N)c1. The number of benzene rings is 1. The third-order valence-electron chi connectivity index (χ3n) is 2.05. The summed E-state index contributed by atoms with van der Waals surface area (Å²) in [5.41, 5.74) is 5.96. The first-order valence-electron chi connectivity index (χ1n) is 5.02. The summed E-state index contributed by atoms with van der Waals surface area (Å²) in [7, 11) is 0. The van der Waals surface area contributed by atoms with E-state index in [0.29, 0.717) is 5.69 Å². The number of anilines is 2. The van der Waals surface area contributed by atoms with Crippen molar-refractivity contribution >= 4 is 29.0 Å². The minimum Gasteiger partial charge on any atom is -0.396 e. The number of nitrogen functional groups attached to an aromatic ring is 1. The average molecular weight is 242 g/mol. The van der Waals surface area contributed by atoms with E-state index in [4.69, 9.17) is 5.73 Å². The number of hydrogen-bond donors (Lipinski definition) is 2. The standard InChI is InChI=1S/C11H15FN2OS/c1-3-16-7(2)11(15)14-8-4-5-9(12)10(13)6-8/h4-7H,3,13H2,1-2H3,(H,14,15). The fourth-order valence-corrected chi connectivity index (χ4v) is 1.90. The first-order valence-corrected chi connectivity index (χ1v) is 6.07. The minimum absolute atomic E-state index is 0.0357. The molecule has 0 radical (unpaired) electrons. The highest BCUT2D eigenvalue weighted by Crippen LogP contribution is 2.18. The van der Waals surface area contributed by atoms with E-state index in [0.717, 1.165) is 5.75 Å². The molecule has 1 amide bonds. The first-order chi connectivity index (χ1) is 7.54. The molecule has 3 nitrogen and oxygen atoms in total. The summed E-state index contributed by atoms with van der Waals surface area (Å²) in [5.74, 6) is 0.298. The lowest BCUT2D eigenvalue weighted by Crippen LogP contribution is -2.22. The molecule has 0 aliphatic heterocycles. The summed E-state index contributed by atoms with van der Waals surface area (Å²) in [4.78, 5) is 11.6. The van der Waals surface area contributed by atoms with E-state index in [-0.39, 0.29) is 16.8 Å². The van der Waals surface area contributed by atoms with Crippen LogP contribution in [0, 0.1) is 5.82 Å². The van der Waals surface area contributed by atoms with Crippen molar-refractivity contribution in [1.82, 2.24) is 0 Å². The Morgan fingerprint density at radius 1 is 1.62 bits per heavy atom. The van der Waals surface area contributed by atoms with Crippen LogP contribution < -0.4 is 11.1 Å². The Kier molecular flexibility index (Phi) is 4.61. The summed E-state index contributed by atoms with van der Waals surface area (Å²) < 4.78 is 12.9. The number of hydrogen-bond acceptors (Lipinski definition) is 3. The van der Waals surface area contributed by atoms with E-state index >= 15 is 0 Å². The van der Waals surface area contributed by atoms with Crippen LogP contribution in [0.5, 0.6) is 0 Å². The van der Waals surface area contributed by atoms with Crippen molar-refractivity contribution in [2.24, 2.45) is 0 Å². The molecule has 0 saturated heterocycles. The zero-order chi connectivity index (χ0) is 12.1. The Morgan fingerprint density at radius 3 is 2.88 bits per heavy atom. The lowest BCUT2D eigenvalue weighted by atomic mass is 10.2. The van der Waals surface area contributed by atoms with Crippen molar-refractivity contribution in [2.45, 2.75) is 19.1 Å². The number of carbonyl (C=O) groups excluding carboxylic acids is 1. The molecule has 0 saturated carbocycles. The molecule has 0 heterocycles. The van der Waals surface area contributed by atoms with Gasteiger partial charge in [-0.2, -0.15) is 0 Å². The smallest absolute Gasteiger partial charge is 0.237 e. The zero-order valence-corrected chi connectivity index (χ0v) is 10.1. The summed E-state index contributed by atoms with van der Waals surface area (Å²) in [6.07, 6.45) is 0. The van der Waals surface area contributed by atoms with Crippen molar-refractivity contribution in [1.29, 1.82) is 0 Å². The Hall–Kier alpha value is -1.23. The van der Waals surface area contributed by atoms with Crippen LogP contribution in [0.15, 0.2) is 18.2 Å². The summed E-state index contributed by atoms with van der Waals surface area (Å²) in [5, 5.41) is 2.56. The van der Waals surface area contributed by atoms with E-state index in [1.165, 1.54) is 18.2 Å². The van der Waals surface area contributed by atoms with Crippen molar-refractivity contribution < 1.29 is 9.18 Å². The molecular formula is C11H15FN2OS. The highest BCUT2D eigenvalue weighted by molar-refractivity contribution is 8.00. The summed E-state index contributed by atoms with van der Waals surface area (Å²) in [6, 6.07) is 4.14. The molecule has 5 heteroatoms. The van der Waals surface area contributed by atoms with Gasteiger partial charge in [-0.05, 0) is 30.9 Å². The van der Waals surface area contributed by atoms with Gasteiger partial charge in [0.15, 0.2) is 0 Å². The fourth-order valence-electron chi connectivity index (χ4n) is 1.19. The normalized spacial score (nSPS) is 12.2. The first kappa shape index (κ1) is 12.8. The highest BCUT2D eigenvalue weighted by Gasteiger charge is 2.12. The molecule has 1 aromatic rings. The van der Waals surface area contributed by atoms with Gasteiger partial charge in [-0.15, -0.1) is 11.8 Å². The number of halogens is 1. The second kappa shape index (κ2) is 5.75. The van der Waals surface area contributed by atoms with Crippen molar-refractivity contribution in [2.75, 3.05) is 16.8 Å². The van der Waals surface area contributed by atoms with Gasteiger partial charge in [-0.25, -0.2) is 4.39 Å². The largest absolute Gasteiger partial charge is 0.396 e. The molecular weight excluding hydrogens is 227 g/mol. The number of carbonyl (C=O) groups is 1. The van der Waals surface area contributed by atoms with Crippen LogP contribution >= 0.6 is 11.8 Å². The molecule has 0 fully saturated rings. The Balaban J connectivity index is 2.66. The van der Waals surface area contributed by atoms with Crippen LogP contribution in [0.1, 0.15) is 13.8 Å². The van der Waals surface area contributed by atoms with Crippen molar-refractivity contribution in [3.63, 3.8) is 0 Å². The lowest BCUT2D eigenvalue weighted by molar-refractivity contribution is -0.115. The molecule has 0 aliphatic carbocycles. The molecule has 1 rings (SSSR count). The number of rotatable bonds is 4. The highest BCUT2D eigenvalue weighted by atomic mass is 32.2. The Bertz CT molecular complexity index is 384. The number of amides is 1. The molecule has 16 heavy (non-hydrogen) atoms. The van der Waals surface area contributed by atoms with Gasteiger partial charge in [-0.1, -0.05) is 6.92 Å². The van der Waals surface area contributed by atoms with Gasteiger partial charge < -0.3 is 11.1 Å².